The molecule has 0 bridgehead atoms. The van der Waals surface area contributed by atoms with Gasteiger partial charge in [-0.05, 0) is 30.2 Å². The number of hydrogen-bond donors (Lipinski definition) is 1. The predicted molar refractivity (Wildman–Crippen MR) is 101 cm³/mol. The molecule has 4 nitrogen and oxygen atoms in total. The molecule has 0 saturated heterocycles. The summed E-state index contributed by atoms with van der Waals surface area (Å²) in [7, 11) is 1.55. The number of carbonyl (C=O) groups is 2. The standard InChI is InChI=1S/C19H20Cl2N2O2/c1-13(19(25)22-2)23(12-15-8-9-16(20)17(21)10-15)18(24)11-14-6-4-3-5-7-14/h3-10,13H,11-12H2,1-2H3,(H,22,25)/t13-/m1/s1. The number of likely N-dealkylation sites (N-methyl/N-ethyl adjacent to an activating group) is 1. The van der Waals surface area contributed by atoms with Crippen LogP contribution in [-0.4, -0.2) is 29.8 Å². The van der Waals surface area contributed by atoms with Gasteiger partial charge in [0.15, 0.2) is 0 Å². The van der Waals surface area contributed by atoms with Gasteiger partial charge in [-0.15, -0.1) is 0 Å². The van der Waals surface area contributed by atoms with Crippen molar-refractivity contribution < 1.29 is 9.59 Å². The van der Waals surface area contributed by atoms with Crippen LogP contribution in [0.1, 0.15) is 18.1 Å². The van der Waals surface area contributed by atoms with Crippen molar-refractivity contribution in [3.63, 3.8) is 0 Å². The first-order chi connectivity index (χ1) is 11.9. The summed E-state index contributed by atoms with van der Waals surface area (Å²) < 4.78 is 0. The molecule has 0 spiro atoms. The topological polar surface area (TPSA) is 49.4 Å². The van der Waals surface area contributed by atoms with Crippen molar-refractivity contribution in [2.45, 2.75) is 25.9 Å². The minimum absolute atomic E-state index is 0.131. The molecule has 2 aromatic rings. The fourth-order valence-corrected chi connectivity index (χ4v) is 2.82. The quantitative estimate of drug-likeness (QED) is 0.832. The molecule has 1 N–H and O–H groups in total. The smallest absolute Gasteiger partial charge is 0.242 e. The molecule has 25 heavy (non-hydrogen) atoms. The van der Waals surface area contributed by atoms with Gasteiger partial charge in [-0.2, -0.15) is 0 Å². The van der Waals surface area contributed by atoms with Gasteiger partial charge in [0.2, 0.25) is 11.8 Å². The zero-order valence-corrected chi connectivity index (χ0v) is 15.6. The third-order valence-corrected chi connectivity index (χ3v) is 4.69. The normalized spacial score (nSPS) is 11.7. The second kappa shape index (κ2) is 8.88. The molecule has 0 heterocycles. The SMILES string of the molecule is CNC(=O)[C@@H](C)N(Cc1ccc(Cl)c(Cl)c1)C(=O)Cc1ccccc1. The Morgan fingerprint density at radius 3 is 2.32 bits per heavy atom. The highest BCUT2D eigenvalue weighted by atomic mass is 35.5. The first-order valence-electron chi connectivity index (χ1n) is 7.91. The van der Waals surface area contributed by atoms with Crippen LogP contribution < -0.4 is 5.32 Å². The lowest BCUT2D eigenvalue weighted by atomic mass is 10.1. The molecule has 0 aliphatic rings. The van der Waals surface area contributed by atoms with Gasteiger partial charge in [0.05, 0.1) is 16.5 Å². The van der Waals surface area contributed by atoms with E-state index in [0.29, 0.717) is 10.0 Å². The van der Waals surface area contributed by atoms with Crippen molar-refractivity contribution in [1.29, 1.82) is 0 Å². The maximum Gasteiger partial charge on any atom is 0.242 e. The van der Waals surface area contributed by atoms with E-state index in [1.54, 1.807) is 37.1 Å². The molecule has 0 saturated carbocycles. The molecule has 2 amide bonds. The van der Waals surface area contributed by atoms with Crippen LogP contribution in [0.25, 0.3) is 0 Å². The van der Waals surface area contributed by atoms with E-state index in [1.165, 1.54) is 0 Å². The number of nitrogens with zero attached hydrogens (tertiary/aromatic N) is 1. The highest BCUT2D eigenvalue weighted by molar-refractivity contribution is 6.42. The Morgan fingerprint density at radius 2 is 1.72 bits per heavy atom. The molecule has 0 aliphatic carbocycles. The monoisotopic (exact) mass is 378 g/mol. The van der Waals surface area contributed by atoms with E-state index < -0.39 is 6.04 Å². The van der Waals surface area contributed by atoms with Crippen LogP contribution >= 0.6 is 23.2 Å². The van der Waals surface area contributed by atoms with E-state index in [0.717, 1.165) is 11.1 Å². The van der Waals surface area contributed by atoms with Crippen molar-refractivity contribution in [3.8, 4) is 0 Å². The Labute approximate surface area is 157 Å². The lowest BCUT2D eigenvalue weighted by Gasteiger charge is -2.28. The molecule has 0 unspecified atom stereocenters. The van der Waals surface area contributed by atoms with Crippen molar-refractivity contribution in [2.75, 3.05) is 7.05 Å². The lowest BCUT2D eigenvalue weighted by Crippen LogP contribution is -2.47. The first kappa shape index (κ1) is 19.3. The summed E-state index contributed by atoms with van der Waals surface area (Å²) in [5.74, 6) is -0.352. The second-order valence-corrected chi connectivity index (χ2v) is 6.54. The maximum absolute atomic E-state index is 12.8. The van der Waals surface area contributed by atoms with Crippen LogP contribution in [0.3, 0.4) is 0 Å². The number of carbonyl (C=O) groups excluding carboxylic acids is 2. The number of amides is 2. The summed E-state index contributed by atoms with van der Waals surface area (Å²) in [6, 6.07) is 14.0. The third kappa shape index (κ3) is 5.21. The summed E-state index contributed by atoms with van der Waals surface area (Å²) in [5.41, 5.74) is 1.71. The van der Waals surface area contributed by atoms with E-state index >= 15 is 0 Å². The fourth-order valence-electron chi connectivity index (χ4n) is 2.50. The molecular formula is C19H20Cl2N2O2. The number of rotatable bonds is 6. The fraction of sp³-hybridized carbons (Fsp3) is 0.263. The van der Waals surface area contributed by atoms with Gasteiger partial charge in [0.1, 0.15) is 6.04 Å². The maximum atomic E-state index is 12.8. The molecule has 0 radical (unpaired) electrons. The van der Waals surface area contributed by atoms with Gasteiger partial charge in [0, 0.05) is 13.6 Å². The first-order valence-corrected chi connectivity index (χ1v) is 8.67. The van der Waals surface area contributed by atoms with Crippen LogP contribution in [0.4, 0.5) is 0 Å². The van der Waals surface area contributed by atoms with Crippen LogP contribution in [0.5, 0.6) is 0 Å². The summed E-state index contributed by atoms with van der Waals surface area (Å²) in [5, 5.41) is 3.46. The molecule has 6 heteroatoms. The molecule has 0 aromatic heterocycles. The van der Waals surface area contributed by atoms with Crippen molar-refractivity contribution >= 4 is 35.0 Å². The highest BCUT2D eigenvalue weighted by Crippen LogP contribution is 2.24. The van der Waals surface area contributed by atoms with E-state index in [4.69, 9.17) is 23.2 Å². The average Bonchev–Trinajstić information content (AvgIpc) is 2.62. The molecule has 1 atom stereocenters. The zero-order valence-electron chi connectivity index (χ0n) is 14.1. The predicted octanol–water partition coefficient (Wildman–Crippen LogP) is 3.70. The van der Waals surface area contributed by atoms with Gasteiger partial charge in [-0.25, -0.2) is 0 Å². The van der Waals surface area contributed by atoms with Crippen molar-refractivity contribution in [1.82, 2.24) is 10.2 Å². The van der Waals surface area contributed by atoms with Crippen LogP contribution in [0, 0.1) is 0 Å². The number of hydrogen-bond acceptors (Lipinski definition) is 2. The zero-order chi connectivity index (χ0) is 18.4. The lowest BCUT2D eigenvalue weighted by molar-refractivity contribution is -0.139. The van der Waals surface area contributed by atoms with Crippen molar-refractivity contribution in [2.24, 2.45) is 0 Å². The van der Waals surface area contributed by atoms with Gasteiger partial charge < -0.3 is 10.2 Å². The Kier molecular flexibility index (Phi) is 6.85. The minimum atomic E-state index is -0.601. The molecule has 2 aromatic carbocycles. The van der Waals surface area contributed by atoms with E-state index in [2.05, 4.69) is 5.32 Å². The van der Waals surface area contributed by atoms with E-state index in [-0.39, 0.29) is 24.8 Å². The number of benzene rings is 2. The minimum Gasteiger partial charge on any atom is -0.357 e. The van der Waals surface area contributed by atoms with Crippen LogP contribution in [0.15, 0.2) is 48.5 Å². The average molecular weight is 379 g/mol. The summed E-state index contributed by atoms with van der Waals surface area (Å²) in [6.07, 6.45) is 0.226. The number of nitrogens with one attached hydrogen (secondary N) is 1. The van der Waals surface area contributed by atoms with Gasteiger partial charge >= 0.3 is 0 Å². The molecule has 2 rings (SSSR count). The highest BCUT2D eigenvalue weighted by Gasteiger charge is 2.25. The van der Waals surface area contributed by atoms with Gasteiger partial charge in [-0.3, -0.25) is 9.59 Å². The molecule has 0 fully saturated rings. The summed E-state index contributed by atoms with van der Waals surface area (Å²) in [4.78, 5) is 26.4. The van der Waals surface area contributed by atoms with E-state index in [9.17, 15) is 9.59 Å². The van der Waals surface area contributed by atoms with Gasteiger partial charge in [0.25, 0.3) is 0 Å². The second-order valence-electron chi connectivity index (χ2n) is 5.72. The van der Waals surface area contributed by atoms with E-state index in [1.807, 2.05) is 30.3 Å². The largest absolute Gasteiger partial charge is 0.357 e. The summed E-state index contributed by atoms with van der Waals surface area (Å²) >= 11 is 12.0. The van der Waals surface area contributed by atoms with Crippen LogP contribution in [-0.2, 0) is 22.6 Å². The van der Waals surface area contributed by atoms with Gasteiger partial charge in [-0.1, -0.05) is 59.6 Å². The van der Waals surface area contributed by atoms with Crippen LogP contribution in [0.2, 0.25) is 10.0 Å². The Balaban J connectivity index is 2.24. The van der Waals surface area contributed by atoms with Crippen molar-refractivity contribution in [3.05, 3.63) is 69.7 Å². The number of halogens is 2. The molecule has 132 valence electrons. The molecule has 0 aliphatic heterocycles. The third-order valence-electron chi connectivity index (χ3n) is 3.95. The Morgan fingerprint density at radius 1 is 1.04 bits per heavy atom. The Hall–Kier alpha value is -2.04. The molecular weight excluding hydrogens is 359 g/mol. The Bertz CT molecular complexity index is 750. The summed E-state index contributed by atoms with van der Waals surface area (Å²) in [6.45, 7) is 1.98.